The van der Waals surface area contributed by atoms with Gasteiger partial charge in [0.25, 0.3) is 0 Å². The van der Waals surface area contributed by atoms with Gasteiger partial charge in [0.2, 0.25) is 11.9 Å². The van der Waals surface area contributed by atoms with Crippen LogP contribution in [0.15, 0.2) is 59.3 Å². The number of aliphatic hydroxyl groups excluding tert-OH is 1. The van der Waals surface area contributed by atoms with Gasteiger partial charge in [-0.25, -0.2) is 15.0 Å². The quantitative estimate of drug-likeness (QED) is 0.130. The molecule has 13 nitrogen and oxygen atoms in total. The lowest BCUT2D eigenvalue weighted by atomic mass is 10.0. The number of furan rings is 1. The van der Waals surface area contributed by atoms with E-state index in [1.807, 2.05) is 42.5 Å². The van der Waals surface area contributed by atoms with Crippen LogP contribution < -0.4 is 20.3 Å². The molecule has 2 saturated heterocycles. The van der Waals surface area contributed by atoms with E-state index in [4.69, 9.17) is 19.1 Å². The fourth-order valence-electron chi connectivity index (χ4n) is 7.40. The molecule has 0 spiro atoms. The standard InChI is InChI=1S/C39H47N9O4/c1-46-16-18-47(19-17-46)28-10-14-48(15-11-28)32-24-34(51-2)31(23-30(32)41-38(50)26-6-7-26)43-39-40-13-9-29(42-39)37-36(44-35(45-37)4-3-20-49)27-8-5-25-12-21-52-33(25)22-27/h5,8-9,12-13,21-24,26,28,49H,3-4,6-7,10-11,14-20H2,1-2H3,(H,41,50)(H,44,45)(H,40,42,43). The Morgan fingerprint density at radius 2 is 1.83 bits per heavy atom. The number of aliphatic hydroxyl groups is 1. The molecule has 2 aliphatic heterocycles. The molecule has 0 bridgehead atoms. The predicted octanol–water partition coefficient (Wildman–Crippen LogP) is 5.52. The first-order valence-electron chi connectivity index (χ1n) is 18.4. The first-order valence-corrected chi connectivity index (χ1v) is 18.4. The number of imidazole rings is 1. The molecule has 1 saturated carbocycles. The zero-order chi connectivity index (χ0) is 35.6. The average Bonchev–Trinajstić information content (AvgIpc) is 3.77. The number of ether oxygens (including phenoxy) is 1. The summed E-state index contributed by atoms with van der Waals surface area (Å²) in [6, 6.07) is 14.3. The summed E-state index contributed by atoms with van der Waals surface area (Å²) in [5.41, 5.74) is 6.16. The number of aryl methyl sites for hydroxylation is 1. The smallest absolute Gasteiger partial charge is 0.227 e. The molecule has 1 amide bonds. The molecule has 0 radical (unpaired) electrons. The van der Waals surface area contributed by atoms with Gasteiger partial charge in [-0.15, -0.1) is 0 Å². The number of aromatic nitrogens is 4. The van der Waals surface area contributed by atoms with Crippen molar-refractivity contribution in [3.05, 3.63) is 60.7 Å². The van der Waals surface area contributed by atoms with Crippen molar-refractivity contribution in [3.8, 4) is 28.4 Å². The second kappa shape index (κ2) is 14.9. The van der Waals surface area contributed by atoms with Crippen molar-refractivity contribution in [2.45, 2.75) is 44.6 Å². The van der Waals surface area contributed by atoms with E-state index in [0.29, 0.717) is 42.0 Å². The van der Waals surface area contributed by atoms with E-state index in [1.54, 1.807) is 19.6 Å². The second-order valence-corrected chi connectivity index (χ2v) is 14.2. The number of rotatable bonds is 12. The summed E-state index contributed by atoms with van der Waals surface area (Å²) in [7, 11) is 3.85. The van der Waals surface area contributed by atoms with E-state index in [2.05, 4.69) is 42.3 Å². The maximum Gasteiger partial charge on any atom is 0.227 e. The molecule has 4 N–H and O–H groups in total. The van der Waals surface area contributed by atoms with Gasteiger partial charge in [-0.3, -0.25) is 9.69 Å². The topological polar surface area (TPSA) is 148 Å². The van der Waals surface area contributed by atoms with E-state index in [-0.39, 0.29) is 18.4 Å². The van der Waals surface area contributed by atoms with Crippen LogP contribution in [-0.4, -0.2) is 107 Å². The van der Waals surface area contributed by atoms with Crippen LogP contribution >= 0.6 is 0 Å². The molecule has 52 heavy (non-hydrogen) atoms. The highest BCUT2D eigenvalue weighted by atomic mass is 16.5. The third kappa shape index (κ3) is 7.34. The molecule has 272 valence electrons. The number of carbonyl (C=O) groups is 1. The van der Waals surface area contributed by atoms with Crippen molar-refractivity contribution >= 4 is 39.9 Å². The summed E-state index contributed by atoms with van der Waals surface area (Å²) in [5.74, 6) is 1.88. The number of methoxy groups -OCH3 is 1. The van der Waals surface area contributed by atoms with E-state index >= 15 is 0 Å². The van der Waals surface area contributed by atoms with Gasteiger partial charge < -0.3 is 39.7 Å². The van der Waals surface area contributed by atoms with Gasteiger partial charge in [0, 0.05) is 87.5 Å². The van der Waals surface area contributed by atoms with Gasteiger partial charge in [0.05, 0.1) is 47.5 Å². The fourth-order valence-corrected chi connectivity index (χ4v) is 7.40. The fraction of sp³-hybridized carbons (Fsp3) is 0.436. The lowest BCUT2D eigenvalue weighted by molar-refractivity contribution is -0.117. The van der Waals surface area contributed by atoms with E-state index < -0.39 is 0 Å². The lowest BCUT2D eigenvalue weighted by Crippen LogP contribution is -2.52. The molecule has 2 aromatic carbocycles. The van der Waals surface area contributed by atoms with Crippen LogP contribution in [0.25, 0.3) is 33.6 Å². The summed E-state index contributed by atoms with van der Waals surface area (Å²) in [5, 5.41) is 17.1. The number of aromatic amines is 1. The number of likely N-dealkylation sites (N-methyl/N-ethyl adjacent to an activating group) is 1. The number of benzene rings is 2. The normalized spacial score (nSPS) is 17.5. The number of nitrogens with one attached hydrogen (secondary N) is 3. The molecule has 13 heteroatoms. The maximum atomic E-state index is 13.1. The number of piperidine rings is 1. The van der Waals surface area contributed by atoms with Crippen LogP contribution in [0.3, 0.4) is 0 Å². The van der Waals surface area contributed by atoms with Crippen LogP contribution in [0.1, 0.15) is 37.9 Å². The molecule has 5 heterocycles. The summed E-state index contributed by atoms with van der Waals surface area (Å²) in [6.07, 6.45) is 8.57. The van der Waals surface area contributed by atoms with E-state index in [9.17, 15) is 9.90 Å². The van der Waals surface area contributed by atoms with Crippen molar-refractivity contribution in [1.82, 2.24) is 29.7 Å². The highest BCUT2D eigenvalue weighted by Gasteiger charge is 2.32. The van der Waals surface area contributed by atoms with Crippen molar-refractivity contribution in [1.29, 1.82) is 0 Å². The third-order valence-corrected chi connectivity index (χ3v) is 10.6. The molecule has 3 aromatic heterocycles. The van der Waals surface area contributed by atoms with Gasteiger partial charge in [-0.1, -0.05) is 12.1 Å². The number of nitrogens with zero attached hydrogens (tertiary/aromatic N) is 6. The zero-order valence-corrected chi connectivity index (χ0v) is 29.9. The molecule has 5 aromatic rings. The Kier molecular flexibility index (Phi) is 9.80. The Labute approximate surface area is 303 Å². The average molecular weight is 706 g/mol. The van der Waals surface area contributed by atoms with Crippen LogP contribution in [0.4, 0.5) is 23.0 Å². The highest BCUT2D eigenvalue weighted by Crippen LogP contribution is 2.41. The second-order valence-electron chi connectivity index (χ2n) is 14.2. The number of fused-ring (bicyclic) bond motifs is 1. The first-order chi connectivity index (χ1) is 25.4. The molecular formula is C39H47N9O4. The number of carbonyl (C=O) groups excluding carboxylic acids is 1. The van der Waals surface area contributed by atoms with Gasteiger partial charge in [0.15, 0.2) is 0 Å². The number of H-pyrrole nitrogens is 1. The van der Waals surface area contributed by atoms with Gasteiger partial charge >= 0.3 is 0 Å². The minimum absolute atomic E-state index is 0.0550. The van der Waals surface area contributed by atoms with Gasteiger partial charge in [0.1, 0.15) is 17.2 Å². The predicted molar refractivity (Wildman–Crippen MR) is 202 cm³/mol. The molecule has 0 atom stereocenters. The maximum absolute atomic E-state index is 13.1. The van der Waals surface area contributed by atoms with Crippen molar-refractivity contribution in [2.75, 3.05) is 75.6 Å². The minimum atomic E-state index is 0.0550. The Morgan fingerprint density at radius 1 is 1.00 bits per heavy atom. The zero-order valence-electron chi connectivity index (χ0n) is 29.9. The summed E-state index contributed by atoms with van der Waals surface area (Å²) < 4.78 is 11.6. The number of hydrogen-bond acceptors (Lipinski definition) is 11. The first kappa shape index (κ1) is 34.1. The third-order valence-electron chi connectivity index (χ3n) is 10.6. The summed E-state index contributed by atoms with van der Waals surface area (Å²) in [6.45, 7) is 6.36. The minimum Gasteiger partial charge on any atom is -0.494 e. The van der Waals surface area contributed by atoms with E-state index in [0.717, 1.165) is 110 Å². The Balaban J connectivity index is 1.08. The molecular weight excluding hydrogens is 658 g/mol. The SMILES string of the molecule is COc1cc(N2CCC(N3CCN(C)CC3)CC2)c(NC(=O)C2CC2)cc1Nc1nccc(-c2[nH]c(CCCO)nc2-c2ccc3ccoc3c2)n1. The van der Waals surface area contributed by atoms with Crippen molar-refractivity contribution in [2.24, 2.45) is 5.92 Å². The largest absolute Gasteiger partial charge is 0.494 e. The molecule has 8 rings (SSSR count). The van der Waals surface area contributed by atoms with Crippen molar-refractivity contribution < 1.29 is 19.1 Å². The molecule has 3 aliphatic rings. The van der Waals surface area contributed by atoms with Crippen LogP contribution in [0.2, 0.25) is 0 Å². The Bertz CT molecular complexity index is 2020. The summed E-state index contributed by atoms with van der Waals surface area (Å²) >= 11 is 0. The number of hydrogen-bond donors (Lipinski definition) is 4. The molecule has 3 fully saturated rings. The number of piperazine rings is 1. The van der Waals surface area contributed by atoms with Gasteiger partial charge in [-0.05, 0) is 63.4 Å². The van der Waals surface area contributed by atoms with Crippen LogP contribution in [0, 0.1) is 5.92 Å². The highest BCUT2D eigenvalue weighted by molar-refractivity contribution is 5.98. The monoisotopic (exact) mass is 705 g/mol. The van der Waals surface area contributed by atoms with Crippen LogP contribution in [-0.2, 0) is 11.2 Å². The lowest BCUT2D eigenvalue weighted by Gasteiger charge is -2.43. The van der Waals surface area contributed by atoms with E-state index in [1.165, 1.54) is 0 Å². The number of amides is 1. The molecule has 0 unspecified atom stereocenters. The number of anilines is 4. The van der Waals surface area contributed by atoms with Crippen LogP contribution in [0.5, 0.6) is 5.75 Å². The Hall–Kier alpha value is -4.98. The van der Waals surface area contributed by atoms with Gasteiger partial charge in [-0.2, -0.15) is 0 Å². The molecule has 1 aliphatic carbocycles. The Morgan fingerprint density at radius 3 is 2.60 bits per heavy atom. The summed E-state index contributed by atoms with van der Waals surface area (Å²) in [4.78, 5) is 38.4. The van der Waals surface area contributed by atoms with Crippen molar-refractivity contribution in [3.63, 3.8) is 0 Å².